The smallest absolute Gasteiger partial charge is 0.0538 e. The van der Waals surface area contributed by atoms with Crippen molar-refractivity contribution in [2.75, 3.05) is 19.6 Å². The minimum absolute atomic E-state index is 0.111. The van der Waals surface area contributed by atoms with Crippen molar-refractivity contribution in [3.8, 4) is 0 Å². The van der Waals surface area contributed by atoms with Gasteiger partial charge in [-0.2, -0.15) is 5.10 Å². The van der Waals surface area contributed by atoms with E-state index in [0.717, 1.165) is 39.0 Å². The standard InChI is InChI=1S/C17H34N4/c1-7-12-18-16(15-13-19-21(11-5)14-15)17(6,8-2)20(9-3)10-4/h13-14,16,18H,7-12H2,1-6H3. The lowest BCUT2D eigenvalue weighted by Gasteiger charge is -2.46. The molecule has 4 heteroatoms. The summed E-state index contributed by atoms with van der Waals surface area (Å²) >= 11 is 0. The Bertz CT molecular complexity index is 397. The van der Waals surface area contributed by atoms with Crippen LogP contribution in [0.3, 0.4) is 0 Å². The highest BCUT2D eigenvalue weighted by molar-refractivity contribution is 5.17. The molecule has 1 rings (SSSR count). The Morgan fingerprint density at radius 1 is 1.24 bits per heavy atom. The van der Waals surface area contributed by atoms with Crippen molar-refractivity contribution in [2.24, 2.45) is 0 Å². The summed E-state index contributed by atoms with van der Waals surface area (Å²) < 4.78 is 2.02. The van der Waals surface area contributed by atoms with E-state index < -0.39 is 0 Å². The molecule has 0 aliphatic rings. The molecule has 0 saturated carbocycles. The molecule has 4 nitrogen and oxygen atoms in total. The van der Waals surface area contributed by atoms with Gasteiger partial charge in [-0.3, -0.25) is 9.58 Å². The molecule has 2 atom stereocenters. The summed E-state index contributed by atoms with van der Waals surface area (Å²) in [5.74, 6) is 0. The van der Waals surface area contributed by atoms with E-state index in [2.05, 4.69) is 63.1 Å². The topological polar surface area (TPSA) is 33.1 Å². The van der Waals surface area contributed by atoms with Crippen LogP contribution in [0.1, 0.15) is 66.0 Å². The van der Waals surface area contributed by atoms with Gasteiger partial charge in [0, 0.05) is 23.8 Å². The second-order valence-corrected chi connectivity index (χ2v) is 5.90. The third kappa shape index (κ3) is 4.07. The molecule has 0 saturated heterocycles. The number of hydrogen-bond acceptors (Lipinski definition) is 3. The number of nitrogens with zero attached hydrogens (tertiary/aromatic N) is 3. The molecule has 1 N–H and O–H groups in total. The van der Waals surface area contributed by atoms with Crippen molar-refractivity contribution < 1.29 is 0 Å². The van der Waals surface area contributed by atoms with Crippen molar-refractivity contribution >= 4 is 0 Å². The summed E-state index contributed by atoms with van der Waals surface area (Å²) in [6.45, 7) is 17.7. The quantitative estimate of drug-likeness (QED) is 0.717. The average Bonchev–Trinajstić information content (AvgIpc) is 2.97. The van der Waals surface area contributed by atoms with Crippen LogP contribution in [0, 0.1) is 0 Å². The first-order chi connectivity index (χ1) is 10.1. The van der Waals surface area contributed by atoms with E-state index in [1.807, 2.05) is 10.9 Å². The molecular formula is C17H34N4. The summed E-state index contributed by atoms with van der Waals surface area (Å²) in [7, 11) is 0. The van der Waals surface area contributed by atoms with Gasteiger partial charge >= 0.3 is 0 Å². The Morgan fingerprint density at radius 2 is 1.90 bits per heavy atom. The second-order valence-electron chi connectivity index (χ2n) is 5.90. The zero-order valence-corrected chi connectivity index (χ0v) is 14.8. The number of hydrogen-bond donors (Lipinski definition) is 1. The number of rotatable bonds is 10. The molecule has 0 aliphatic carbocycles. The fourth-order valence-corrected chi connectivity index (χ4v) is 3.24. The van der Waals surface area contributed by atoms with Crippen LogP contribution in [0.2, 0.25) is 0 Å². The van der Waals surface area contributed by atoms with E-state index in [1.54, 1.807) is 0 Å². The number of nitrogens with one attached hydrogen (secondary N) is 1. The van der Waals surface area contributed by atoms with Gasteiger partial charge in [0.2, 0.25) is 0 Å². The van der Waals surface area contributed by atoms with E-state index in [1.165, 1.54) is 5.56 Å². The molecule has 1 heterocycles. The highest BCUT2D eigenvalue weighted by atomic mass is 15.3. The van der Waals surface area contributed by atoms with Crippen LogP contribution in [-0.2, 0) is 6.54 Å². The largest absolute Gasteiger partial charge is 0.308 e. The van der Waals surface area contributed by atoms with Gasteiger partial charge in [-0.05, 0) is 46.3 Å². The molecule has 0 bridgehead atoms. The molecule has 0 aromatic carbocycles. The number of aryl methyl sites for hydroxylation is 1. The molecule has 0 fully saturated rings. The van der Waals surface area contributed by atoms with Crippen LogP contribution in [0.25, 0.3) is 0 Å². The van der Waals surface area contributed by atoms with Crippen LogP contribution in [-0.4, -0.2) is 39.9 Å². The fraction of sp³-hybridized carbons (Fsp3) is 0.824. The van der Waals surface area contributed by atoms with Gasteiger partial charge in [-0.15, -0.1) is 0 Å². The van der Waals surface area contributed by atoms with Crippen molar-refractivity contribution in [3.63, 3.8) is 0 Å². The molecule has 1 aromatic rings. The van der Waals surface area contributed by atoms with E-state index in [0.29, 0.717) is 6.04 Å². The normalized spacial score (nSPS) is 16.1. The lowest BCUT2D eigenvalue weighted by atomic mass is 9.83. The Labute approximate surface area is 130 Å². The van der Waals surface area contributed by atoms with Gasteiger partial charge in [-0.1, -0.05) is 27.7 Å². The van der Waals surface area contributed by atoms with Crippen LogP contribution >= 0.6 is 0 Å². The first-order valence-corrected chi connectivity index (χ1v) is 8.57. The summed E-state index contributed by atoms with van der Waals surface area (Å²) in [5, 5.41) is 8.25. The SMILES string of the molecule is CCCNC(c1cnn(CC)c1)C(C)(CC)N(CC)CC. The van der Waals surface area contributed by atoms with E-state index in [-0.39, 0.29) is 5.54 Å². The molecule has 21 heavy (non-hydrogen) atoms. The maximum absolute atomic E-state index is 4.48. The Kier molecular flexibility index (Phi) is 7.40. The van der Waals surface area contributed by atoms with Crippen LogP contribution in [0.4, 0.5) is 0 Å². The third-order valence-electron chi connectivity index (χ3n) is 4.73. The molecule has 122 valence electrons. The minimum atomic E-state index is 0.111. The van der Waals surface area contributed by atoms with Crippen molar-refractivity contribution in [3.05, 3.63) is 18.0 Å². The van der Waals surface area contributed by atoms with Crippen molar-refractivity contribution in [1.82, 2.24) is 20.0 Å². The second kappa shape index (κ2) is 8.54. The van der Waals surface area contributed by atoms with E-state index >= 15 is 0 Å². The summed E-state index contributed by atoms with van der Waals surface area (Å²) in [6, 6.07) is 0.322. The molecule has 2 unspecified atom stereocenters. The summed E-state index contributed by atoms with van der Waals surface area (Å²) in [6.07, 6.45) is 6.50. The average molecular weight is 294 g/mol. The van der Waals surface area contributed by atoms with Gasteiger partial charge in [-0.25, -0.2) is 0 Å². The van der Waals surface area contributed by atoms with Gasteiger partial charge < -0.3 is 5.32 Å². The van der Waals surface area contributed by atoms with Gasteiger partial charge in [0.05, 0.1) is 12.2 Å². The molecule has 0 aliphatic heterocycles. The molecular weight excluding hydrogens is 260 g/mol. The lowest BCUT2D eigenvalue weighted by Crippen LogP contribution is -2.54. The number of likely N-dealkylation sites (N-methyl/N-ethyl adjacent to an activating group) is 1. The lowest BCUT2D eigenvalue weighted by molar-refractivity contribution is 0.0698. The summed E-state index contributed by atoms with van der Waals surface area (Å²) in [4.78, 5) is 2.57. The highest BCUT2D eigenvalue weighted by Crippen LogP contribution is 2.34. The molecule has 0 amide bonds. The maximum Gasteiger partial charge on any atom is 0.0538 e. The van der Waals surface area contributed by atoms with Crippen LogP contribution in [0.5, 0.6) is 0 Å². The molecule has 0 radical (unpaired) electrons. The van der Waals surface area contributed by atoms with Crippen LogP contribution < -0.4 is 5.32 Å². The first-order valence-electron chi connectivity index (χ1n) is 8.57. The Hall–Kier alpha value is -0.870. The van der Waals surface area contributed by atoms with Gasteiger partial charge in [0.25, 0.3) is 0 Å². The predicted octanol–water partition coefficient (Wildman–Crippen LogP) is 3.45. The van der Waals surface area contributed by atoms with E-state index in [4.69, 9.17) is 0 Å². The summed E-state index contributed by atoms with van der Waals surface area (Å²) in [5.41, 5.74) is 1.42. The predicted molar refractivity (Wildman–Crippen MR) is 90.6 cm³/mol. The zero-order valence-electron chi connectivity index (χ0n) is 14.8. The highest BCUT2D eigenvalue weighted by Gasteiger charge is 2.38. The monoisotopic (exact) mass is 294 g/mol. The minimum Gasteiger partial charge on any atom is -0.308 e. The van der Waals surface area contributed by atoms with E-state index in [9.17, 15) is 0 Å². The van der Waals surface area contributed by atoms with Gasteiger partial charge in [0.15, 0.2) is 0 Å². The fourth-order valence-electron chi connectivity index (χ4n) is 3.24. The Balaban J connectivity index is 3.13. The van der Waals surface area contributed by atoms with Crippen molar-refractivity contribution in [2.45, 2.75) is 72.5 Å². The molecule has 0 spiro atoms. The molecule has 1 aromatic heterocycles. The van der Waals surface area contributed by atoms with Crippen molar-refractivity contribution in [1.29, 1.82) is 0 Å². The Morgan fingerprint density at radius 3 is 2.33 bits per heavy atom. The third-order valence-corrected chi connectivity index (χ3v) is 4.73. The first kappa shape index (κ1) is 18.2. The van der Waals surface area contributed by atoms with Crippen LogP contribution in [0.15, 0.2) is 12.4 Å². The van der Waals surface area contributed by atoms with Gasteiger partial charge in [0.1, 0.15) is 0 Å². The maximum atomic E-state index is 4.48. The number of aromatic nitrogens is 2. The zero-order chi connectivity index (χ0) is 15.9.